The molecule has 2 aliphatic carbocycles. The number of hydrogen-bond donors (Lipinski definition) is 1. The molecule has 4 aliphatic rings. The van der Waals surface area contributed by atoms with E-state index in [0.29, 0.717) is 5.92 Å². The Bertz CT molecular complexity index is 883. The maximum absolute atomic E-state index is 6.50. The molecule has 1 saturated carbocycles. The third-order valence-corrected chi connectivity index (χ3v) is 6.41. The van der Waals surface area contributed by atoms with Crippen molar-refractivity contribution in [2.45, 2.75) is 50.2 Å². The molecule has 1 fully saturated rings. The topological polar surface area (TPSA) is 54.0 Å². The van der Waals surface area contributed by atoms with Crippen molar-refractivity contribution >= 4 is 11.7 Å². The number of rotatable bonds is 3. The van der Waals surface area contributed by atoms with Crippen LogP contribution in [0.1, 0.15) is 49.8 Å². The molecule has 2 heterocycles. The molecular formula is C23H26N4. The van der Waals surface area contributed by atoms with E-state index in [1.807, 2.05) is 6.92 Å². The zero-order chi connectivity index (χ0) is 18.4. The lowest BCUT2D eigenvalue weighted by atomic mass is 9.72. The van der Waals surface area contributed by atoms with Gasteiger partial charge in [0, 0.05) is 23.4 Å². The summed E-state index contributed by atoms with van der Waals surface area (Å²) in [4.78, 5) is 12.0. The van der Waals surface area contributed by atoms with Gasteiger partial charge in [0.15, 0.2) is 0 Å². The third kappa shape index (κ3) is 2.79. The van der Waals surface area contributed by atoms with Crippen molar-refractivity contribution < 1.29 is 0 Å². The van der Waals surface area contributed by atoms with Crippen molar-refractivity contribution in [3.63, 3.8) is 0 Å². The summed E-state index contributed by atoms with van der Waals surface area (Å²) in [5.41, 5.74) is 9.90. The molecule has 27 heavy (non-hydrogen) atoms. The van der Waals surface area contributed by atoms with Gasteiger partial charge in [0.2, 0.25) is 5.96 Å². The van der Waals surface area contributed by atoms with Crippen molar-refractivity contribution in [3.05, 3.63) is 72.0 Å². The molecule has 4 nitrogen and oxygen atoms in total. The number of aliphatic imine (C=N–C) groups is 2. The lowest BCUT2D eigenvalue weighted by Crippen LogP contribution is -2.43. The highest BCUT2D eigenvalue weighted by Gasteiger charge is 2.41. The molecule has 5 rings (SSSR count). The van der Waals surface area contributed by atoms with Crippen molar-refractivity contribution in [1.82, 2.24) is 4.90 Å². The SMILES string of the molecule is CC1=NC2=NC(c3ccc(C4(N)CCC4)cc3)C(C3C=CC=CC3)N2C=C1. The van der Waals surface area contributed by atoms with Gasteiger partial charge in [0.1, 0.15) is 6.04 Å². The van der Waals surface area contributed by atoms with Gasteiger partial charge in [-0.2, -0.15) is 0 Å². The number of allylic oxidation sites excluding steroid dienone is 4. The highest BCUT2D eigenvalue weighted by atomic mass is 15.4. The van der Waals surface area contributed by atoms with E-state index in [-0.39, 0.29) is 17.6 Å². The molecule has 4 heteroatoms. The molecule has 3 atom stereocenters. The Balaban J connectivity index is 1.49. The highest BCUT2D eigenvalue weighted by Crippen LogP contribution is 2.42. The standard InChI is InChI=1S/C23H26N4/c1-16-12-15-27-21(18-6-3-2-4-7-18)20(26-22(27)25-16)17-8-10-19(11-9-17)23(24)13-5-14-23/h2-4,6,8-12,15,18,20-21H,5,7,13-14,24H2,1H3. The van der Waals surface area contributed by atoms with Crippen LogP contribution in [0.4, 0.5) is 0 Å². The molecule has 2 aliphatic heterocycles. The average Bonchev–Trinajstić information content (AvgIpc) is 3.05. The van der Waals surface area contributed by atoms with Crippen LogP contribution in [0.3, 0.4) is 0 Å². The van der Waals surface area contributed by atoms with Crippen LogP contribution >= 0.6 is 0 Å². The number of nitrogens with zero attached hydrogens (tertiary/aromatic N) is 3. The summed E-state index contributed by atoms with van der Waals surface area (Å²) in [6.45, 7) is 2.02. The van der Waals surface area contributed by atoms with Crippen molar-refractivity contribution in [3.8, 4) is 0 Å². The lowest BCUT2D eigenvalue weighted by molar-refractivity contribution is 0.253. The first-order chi connectivity index (χ1) is 13.1. The maximum Gasteiger partial charge on any atom is 0.226 e. The minimum Gasteiger partial charge on any atom is -0.321 e. The first-order valence-corrected chi connectivity index (χ1v) is 9.96. The molecule has 0 saturated heterocycles. The van der Waals surface area contributed by atoms with Crippen LogP contribution in [0, 0.1) is 5.92 Å². The van der Waals surface area contributed by atoms with Crippen LogP contribution in [0.15, 0.2) is 70.8 Å². The molecular weight excluding hydrogens is 332 g/mol. The smallest absolute Gasteiger partial charge is 0.226 e. The zero-order valence-electron chi connectivity index (χ0n) is 15.8. The zero-order valence-corrected chi connectivity index (χ0v) is 15.8. The molecule has 0 spiro atoms. The lowest BCUT2D eigenvalue weighted by Gasteiger charge is -2.39. The Morgan fingerprint density at radius 3 is 2.63 bits per heavy atom. The molecule has 3 unspecified atom stereocenters. The summed E-state index contributed by atoms with van der Waals surface area (Å²) in [6, 6.07) is 9.23. The van der Waals surface area contributed by atoms with Crippen LogP contribution in [-0.2, 0) is 5.54 Å². The van der Waals surface area contributed by atoms with Gasteiger partial charge in [0.05, 0.1) is 6.04 Å². The second kappa shape index (κ2) is 6.31. The van der Waals surface area contributed by atoms with E-state index in [1.54, 1.807) is 0 Å². The Morgan fingerprint density at radius 1 is 1.15 bits per heavy atom. The summed E-state index contributed by atoms with van der Waals surface area (Å²) in [6.07, 6.45) is 17.5. The molecule has 2 N–H and O–H groups in total. The van der Waals surface area contributed by atoms with Crippen LogP contribution in [0.25, 0.3) is 0 Å². The fraction of sp³-hybridized carbons (Fsp3) is 0.391. The first-order valence-electron chi connectivity index (χ1n) is 9.96. The van der Waals surface area contributed by atoms with E-state index >= 15 is 0 Å². The van der Waals surface area contributed by atoms with Crippen LogP contribution in [0.5, 0.6) is 0 Å². The normalized spacial score (nSPS) is 30.6. The van der Waals surface area contributed by atoms with E-state index in [4.69, 9.17) is 10.7 Å². The number of benzene rings is 1. The Hall–Kier alpha value is -2.46. The Labute approximate surface area is 160 Å². The van der Waals surface area contributed by atoms with Gasteiger partial charge in [-0.1, -0.05) is 48.6 Å². The molecule has 0 bridgehead atoms. The quantitative estimate of drug-likeness (QED) is 0.879. The highest BCUT2D eigenvalue weighted by molar-refractivity contribution is 6.05. The predicted molar refractivity (Wildman–Crippen MR) is 111 cm³/mol. The molecule has 138 valence electrons. The first kappa shape index (κ1) is 16.7. The second-order valence-corrected chi connectivity index (χ2v) is 8.19. The minimum atomic E-state index is -0.113. The van der Waals surface area contributed by atoms with Crippen molar-refractivity contribution in [2.75, 3.05) is 0 Å². The van der Waals surface area contributed by atoms with Gasteiger partial charge < -0.3 is 10.6 Å². The largest absolute Gasteiger partial charge is 0.321 e. The summed E-state index contributed by atoms with van der Waals surface area (Å²) in [5, 5.41) is 0. The molecule has 0 radical (unpaired) electrons. The van der Waals surface area contributed by atoms with E-state index in [0.717, 1.165) is 30.9 Å². The van der Waals surface area contributed by atoms with Gasteiger partial charge in [-0.25, -0.2) is 9.98 Å². The van der Waals surface area contributed by atoms with Crippen molar-refractivity contribution in [2.24, 2.45) is 21.6 Å². The van der Waals surface area contributed by atoms with Gasteiger partial charge in [-0.15, -0.1) is 0 Å². The molecule has 0 amide bonds. The average molecular weight is 358 g/mol. The fourth-order valence-corrected chi connectivity index (χ4v) is 4.61. The molecule has 1 aromatic rings. The van der Waals surface area contributed by atoms with Crippen LogP contribution < -0.4 is 5.73 Å². The van der Waals surface area contributed by atoms with Crippen LogP contribution in [0.2, 0.25) is 0 Å². The summed E-state index contributed by atoms with van der Waals surface area (Å²) in [7, 11) is 0. The van der Waals surface area contributed by atoms with Crippen LogP contribution in [-0.4, -0.2) is 22.6 Å². The van der Waals surface area contributed by atoms with E-state index in [2.05, 4.69) is 70.7 Å². The molecule has 1 aromatic carbocycles. The van der Waals surface area contributed by atoms with Gasteiger partial charge in [-0.05, 0) is 49.8 Å². The fourth-order valence-electron chi connectivity index (χ4n) is 4.61. The Kier molecular flexibility index (Phi) is 3.90. The summed E-state index contributed by atoms with van der Waals surface area (Å²) in [5.74, 6) is 1.26. The third-order valence-electron chi connectivity index (χ3n) is 6.41. The number of guanidine groups is 1. The number of hydrogen-bond acceptors (Lipinski definition) is 4. The number of nitrogens with two attached hydrogens (primary N) is 1. The van der Waals surface area contributed by atoms with E-state index < -0.39 is 0 Å². The summed E-state index contributed by atoms with van der Waals surface area (Å²) < 4.78 is 0. The minimum absolute atomic E-state index is 0.0876. The summed E-state index contributed by atoms with van der Waals surface area (Å²) >= 11 is 0. The predicted octanol–water partition coefficient (Wildman–Crippen LogP) is 4.23. The monoisotopic (exact) mass is 358 g/mol. The van der Waals surface area contributed by atoms with Gasteiger partial charge in [-0.3, -0.25) is 0 Å². The Morgan fingerprint density at radius 2 is 1.96 bits per heavy atom. The van der Waals surface area contributed by atoms with Gasteiger partial charge >= 0.3 is 0 Å². The number of fused-ring (bicyclic) bond motifs is 1. The van der Waals surface area contributed by atoms with Gasteiger partial charge in [0.25, 0.3) is 0 Å². The second-order valence-electron chi connectivity index (χ2n) is 8.19. The molecule has 0 aromatic heterocycles. The van der Waals surface area contributed by atoms with Crippen molar-refractivity contribution in [1.29, 1.82) is 0 Å². The van der Waals surface area contributed by atoms with E-state index in [9.17, 15) is 0 Å². The van der Waals surface area contributed by atoms with E-state index in [1.165, 1.54) is 17.5 Å². The maximum atomic E-state index is 6.50.